The van der Waals surface area contributed by atoms with Crippen LogP contribution in [0.25, 0.3) is 0 Å². The first-order valence-corrected chi connectivity index (χ1v) is 8.20. The largest absolute Gasteiger partial charge is 0.337 e. The molecule has 0 amide bonds. The molecule has 2 aromatic rings. The van der Waals surface area contributed by atoms with Crippen LogP contribution in [0.5, 0.6) is 0 Å². The van der Waals surface area contributed by atoms with Crippen molar-refractivity contribution in [3.8, 4) is 0 Å². The summed E-state index contributed by atoms with van der Waals surface area (Å²) >= 11 is 0. The highest BCUT2D eigenvalue weighted by molar-refractivity contribution is 5.04. The van der Waals surface area contributed by atoms with Crippen molar-refractivity contribution in [2.45, 2.75) is 45.7 Å². The molecular formula is C17H25N5. The van der Waals surface area contributed by atoms with Gasteiger partial charge in [-0.15, -0.1) is 0 Å². The Morgan fingerprint density at radius 3 is 3.00 bits per heavy atom. The fourth-order valence-electron chi connectivity index (χ4n) is 3.15. The predicted octanol–water partition coefficient (Wildman–Crippen LogP) is 2.71. The van der Waals surface area contributed by atoms with Gasteiger partial charge in [0.2, 0.25) is 0 Å². The molecule has 1 aliphatic heterocycles. The van der Waals surface area contributed by atoms with E-state index in [1.54, 1.807) is 0 Å². The minimum Gasteiger partial charge on any atom is -0.337 e. The highest BCUT2D eigenvalue weighted by Gasteiger charge is 2.20. The number of hydrogen-bond donors (Lipinski definition) is 0. The molecule has 5 nitrogen and oxygen atoms in total. The lowest BCUT2D eigenvalue weighted by Gasteiger charge is -2.32. The summed E-state index contributed by atoms with van der Waals surface area (Å²) in [5.74, 6) is 2.04. The summed E-state index contributed by atoms with van der Waals surface area (Å²) in [6.07, 6.45) is 10.3. The molecule has 0 aromatic carbocycles. The molecule has 0 spiro atoms. The summed E-state index contributed by atoms with van der Waals surface area (Å²) in [5.41, 5.74) is 1.14. The van der Waals surface area contributed by atoms with Crippen molar-refractivity contribution in [3.63, 3.8) is 0 Å². The van der Waals surface area contributed by atoms with E-state index in [4.69, 9.17) is 4.98 Å². The summed E-state index contributed by atoms with van der Waals surface area (Å²) in [4.78, 5) is 15.7. The smallest absolute Gasteiger partial charge is 0.131 e. The summed E-state index contributed by atoms with van der Waals surface area (Å²) in [6, 6.07) is 2.05. The Morgan fingerprint density at radius 2 is 2.23 bits per heavy atom. The van der Waals surface area contributed by atoms with Gasteiger partial charge in [-0.3, -0.25) is 4.90 Å². The van der Waals surface area contributed by atoms with Gasteiger partial charge < -0.3 is 4.57 Å². The van der Waals surface area contributed by atoms with Crippen molar-refractivity contribution in [3.05, 3.63) is 42.5 Å². The van der Waals surface area contributed by atoms with Gasteiger partial charge in [0.25, 0.3) is 0 Å². The van der Waals surface area contributed by atoms with Crippen molar-refractivity contribution in [1.82, 2.24) is 24.4 Å². The van der Waals surface area contributed by atoms with E-state index in [0.29, 0.717) is 11.8 Å². The maximum absolute atomic E-state index is 4.70. The van der Waals surface area contributed by atoms with Gasteiger partial charge in [0.1, 0.15) is 5.82 Å². The number of nitrogens with zero attached hydrogens (tertiary/aromatic N) is 5. The number of aromatic nitrogens is 4. The van der Waals surface area contributed by atoms with Gasteiger partial charge in [-0.1, -0.05) is 13.8 Å². The van der Waals surface area contributed by atoms with Gasteiger partial charge in [-0.25, -0.2) is 15.0 Å². The minimum atomic E-state index is 0.385. The molecule has 1 atom stereocenters. The third-order valence-electron chi connectivity index (χ3n) is 4.27. The molecule has 22 heavy (non-hydrogen) atoms. The Hall–Kier alpha value is -1.75. The predicted molar refractivity (Wildman–Crippen MR) is 86.3 cm³/mol. The van der Waals surface area contributed by atoms with E-state index in [0.717, 1.165) is 31.2 Å². The normalized spacial score (nSPS) is 19.7. The van der Waals surface area contributed by atoms with Crippen LogP contribution in [-0.4, -0.2) is 37.5 Å². The minimum absolute atomic E-state index is 0.385. The molecule has 0 radical (unpaired) electrons. The van der Waals surface area contributed by atoms with Crippen molar-refractivity contribution in [1.29, 1.82) is 0 Å². The molecule has 3 rings (SSSR count). The molecule has 1 fully saturated rings. The van der Waals surface area contributed by atoms with Gasteiger partial charge in [0.05, 0.1) is 12.0 Å². The van der Waals surface area contributed by atoms with E-state index in [1.165, 1.54) is 19.4 Å². The first kappa shape index (κ1) is 15.2. The zero-order chi connectivity index (χ0) is 15.4. The number of imidazole rings is 1. The molecule has 0 saturated carbocycles. The molecule has 0 aliphatic carbocycles. The highest BCUT2D eigenvalue weighted by atomic mass is 15.1. The van der Waals surface area contributed by atoms with E-state index in [1.807, 2.05) is 24.8 Å². The zero-order valence-electron chi connectivity index (χ0n) is 13.5. The molecule has 0 bridgehead atoms. The molecule has 2 aromatic heterocycles. The van der Waals surface area contributed by atoms with Gasteiger partial charge in [0.15, 0.2) is 0 Å². The van der Waals surface area contributed by atoms with Gasteiger partial charge >= 0.3 is 0 Å². The fourth-order valence-corrected chi connectivity index (χ4v) is 3.15. The Morgan fingerprint density at radius 1 is 1.32 bits per heavy atom. The van der Waals surface area contributed by atoms with Crippen LogP contribution in [0.2, 0.25) is 0 Å². The maximum Gasteiger partial charge on any atom is 0.131 e. The molecule has 1 aliphatic rings. The average Bonchev–Trinajstić information content (AvgIpc) is 3.01. The molecule has 0 N–H and O–H groups in total. The Bertz CT molecular complexity index is 578. The van der Waals surface area contributed by atoms with Crippen LogP contribution in [0, 0.1) is 5.92 Å². The third-order valence-corrected chi connectivity index (χ3v) is 4.27. The molecule has 118 valence electrons. The van der Waals surface area contributed by atoms with Gasteiger partial charge in [-0.05, 0) is 31.4 Å². The third kappa shape index (κ3) is 3.91. The topological polar surface area (TPSA) is 46.8 Å². The Labute approximate surface area is 132 Å². The fraction of sp³-hybridized carbons (Fsp3) is 0.588. The number of piperidine rings is 1. The lowest BCUT2D eigenvalue weighted by molar-refractivity contribution is 0.154. The zero-order valence-corrected chi connectivity index (χ0v) is 13.5. The van der Waals surface area contributed by atoms with Crippen LogP contribution in [0.3, 0.4) is 0 Å². The second-order valence-electron chi connectivity index (χ2n) is 6.56. The van der Waals surface area contributed by atoms with Crippen molar-refractivity contribution >= 4 is 0 Å². The van der Waals surface area contributed by atoms with Crippen molar-refractivity contribution < 1.29 is 0 Å². The van der Waals surface area contributed by atoms with Crippen molar-refractivity contribution in [2.24, 2.45) is 5.92 Å². The van der Waals surface area contributed by atoms with Crippen LogP contribution in [0.15, 0.2) is 31.0 Å². The first-order chi connectivity index (χ1) is 10.7. The quantitative estimate of drug-likeness (QED) is 0.851. The van der Waals surface area contributed by atoms with Crippen LogP contribution >= 0.6 is 0 Å². The van der Waals surface area contributed by atoms with Crippen LogP contribution in [-0.2, 0) is 13.1 Å². The maximum atomic E-state index is 4.70. The average molecular weight is 299 g/mol. The van der Waals surface area contributed by atoms with E-state index in [-0.39, 0.29) is 0 Å². The first-order valence-electron chi connectivity index (χ1n) is 8.20. The molecular weight excluding hydrogens is 274 g/mol. The second kappa shape index (κ2) is 7.01. The standard InChI is InChI=1S/C17H25N5/c1-14(2)17-19-6-5-16(20-17)12-21-8-3-4-15(10-21)11-22-9-7-18-13-22/h5-7,9,13-15H,3-4,8,10-12H2,1-2H3/t15-/m1/s1. The SMILES string of the molecule is CC(C)c1nccc(CN2CCC[C@@H](Cn3ccnc3)C2)n1. The summed E-state index contributed by atoms with van der Waals surface area (Å²) in [6.45, 7) is 8.59. The monoisotopic (exact) mass is 299 g/mol. The summed E-state index contributed by atoms with van der Waals surface area (Å²) in [7, 11) is 0. The van der Waals surface area contributed by atoms with E-state index < -0.39 is 0 Å². The number of hydrogen-bond acceptors (Lipinski definition) is 4. The molecule has 3 heterocycles. The van der Waals surface area contributed by atoms with Crippen LogP contribution in [0.4, 0.5) is 0 Å². The summed E-state index contributed by atoms with van der Waals surface area (Å²) in [5, 5.41) is 0. The van der Waals surface area contributed by atoms with Gasteiger partial charge in [-0.2, -0.15) is 0 Å². The number of rotatable bonds is 5. The lowest BCUT2D eigenvalue weighted by Crippen LogP contribution is -2.36. The van der Waals surface area contributed by atoms with E-state index in [2.05, 4.69) is 39.5 Å². The van der Waals surface area contributed by atoms with Crippen molar-refractivity contribution in [2.75, 3.05) is 13.1 Å². The molecule has 1 saturated heterocycles. The van der Waals surface area contributed by atoms with E-state index in [9.17, 15) is 0 Å². The highest BCUT2D eigenvalue weighted by Crippen LogP contribution is 2.20. The van der Waals surface area contributed by atoms with E-state index >= 15 is 0 Å². The Kier molecular flexibility index (Phi) is 4.83. The molecule has 5 heteroatoms. The Balaban J connectivity index is 1.59. The number of likely N-dealkylation sites (tertiary alicyclic amines) is 1. The lowest BCUT2D eigenvalue weighted by atomic mass is 9.98. The van der Waals surface area contributed by atoms with Crippen LogP contribution < -0.4 is 0 Å². The van der Waals surface area contributed by atoms with Crippen LogP contribution in [0.1, 0.15) is 44.1 Å². The molecule has 0 unspecified atom stereocenters. The second-order valence-corrected chi connectivity index (χ2v) is 6.56. The van der Waals surface area contributed by atoms with Gasteiger partial charge in [0, 0.05) is 44.1 Å². The summed E-state index contributed by atoms with van der Waals surface area (Å²) < 4.78 is 2.19.